The summed E-state index contributed by atoms with van der Waals surface area (Å²) >= 11 is 0. The van der Waals surface area contributed by atoms with E-state index in [1.54, 1.807) is 18.2 Å². The Morgan fingerprint density at radius 2 is 1.92 bits per heavy atom. The largest absolute Gasteiger partial charge is 0.394 e. The Labute approximate surface area is 139 Å². The first-order chi connectivity index (χ1) is 11.2. The van der Waals surface area contributed by atoms with E-state index in [-0.39, 0.29) is 5.56 Å². The van der Waals surface area contributed by atoms with Crippen LogP contribution < -0.4 is 5.32 Å². The molecule has 1 heterocycles. The Hall–Kier alpha value is -1.56. The number of amides is 1. The highest BCUT2D eigenvalue weighted by Crippen LogP contribution is 2.24. The van der Waals surface area contributed by atoms with Gasteiger partial charge >= 0.3 is 0 Å². The molecule has 0 aromatic heterocycles. The van der Waals surface area contributed by atoms with Crippen molar-refractivity contribution < 1.29 is 37.5 Å². The van der Waals surface area contributed by atoms with Crippen molar-refractivity contribution in [2.24, 2.45) is 0 Å². The third-order valence-electron chi connectivity index (χ3n) is 3.49. The summed E-state index contributed by atoms with van der Waals surface area (Å²) in [7, 11) is -4.00. The van der Waals surface area contributed by atoms with E-state index in [9.17, 15) is 23.4 Å². The Bertz CT molecular complexity index is 665. The maximum Gasteiger partial charge on any atom is 0.264 e. The van der Waals surface area contributed by atoms with E-state index < -0.39 is 53.3 Å². The minimum Gasteiger partial charge on any atom is -0.394 e. The first-order valence-corrected chi connectivity index (χ1v) is 8.91. The zero-order valence-electron chi connectivity index (χ0n) is 12.8. The summed E-state index contributed by atoms with van der Waals surface area (Å²) in [5, 5.41) is 31.7. The first-order valence-electron chi connectivity index (χ1n) is 7.09. The van der Waals surface area contributed by atoms with Gasteiger partial charge in [0.2, 0.25) is 0 Å². The van der Waals surface area contributed by atoms with Gasteiger partial charge in [0.1, 0.15) is 24.4 Å². The van der Waals surface area contributed by atoms with Crippen LogP contribution in [0.3, 0.4) is 0 Å². The first kappa shape index (κ1) is 18.8. The highest BCUT2D eigenvalue weighted by molar-refractivity contribution is 7.86. The molecule has 10 heteroatoms. The Morgan fingerprint density at radius 1 is 1.29 bits per heavy atom. The molecule has 0 radical (unpaired) electrons. The number of nitrogens with one attached hydrogen (secondary N) is 1. The lowest BCUT2D eigenvalue weighted by Gasteiger charge is -2.41. The van der Waals surface area contributed by atoms with Gasteiger partial charge in [-0.1, -0.05) is 18.2 Å². The van der Waals surface area contributed by atoms with Gasteiger partial charge in [0, 0.05) is 5.56 Å². The van der Waals surface area contributed by atoms with Crippen LogP contribution in [0.1, 0.15) is 10.4 Å². The fraction of sp³-hybridized carbons (Fsp3) is 0.500. The molecule has 9 nitrogen and oxygen atoms in total. The Kier molecular flexibility index (Phi) is 5.91. The van der Waals surface area contributed by atoms with Crippen LogP contribution in [0.2, 0.25) is 0 Å². The lowest BCUT2D eigenvalue weighted by molar-refractivity contribution is -0.247. The second-order valence-corrected chi connectivity index (χ2v) is 6.97. The fourth-order valence-corrected chi connectivity index (χ4v) is 3.01. The summed E-state index contributed by atoms with van der Waals surface area (Å²) in [4.78, 5) is 12.2. The Balaban J connectivity index is 2.24. The van der Waals surface area contributed by atoms with E-state index in [1.807, 2.05) is 0 Å². The summed E-state index contributed by atoms with van der Waals surface area (Å²) in [6.45, 7) is -0.665. The van der Waals surface area contributed by atoms with E-state index in [0.717, 1.165) is 6.26 Å². The van der Waals surface area contributed by atoms with Gasteiger partial charge in [-0.2, -0.15) is 8.42 Å². The minimum absolute atomic E-state index is 0.265. The van der Waals surface area contributed by atoms with Crippen LogP contribution in [-0.2, 0) is 19.0 Å². The molecule has 1 amide bonds. The number of hydrogen-bond acceptors (Lipinski definition) is 8. The van der Waals surface area contributed by atoms with Crippen molar-refractivity contribution in [1.82, 2.24) is 5.32 Å². The molecule has 4 N–H and O–H groups in total. The van der Waals surface area contributed by atoms with Crippen molar-refractivity contribution in [3.05, 3.63) is 35.9 Å². The van der Waals surface area contributed by atoms with Crippen molar-refractivity contribution in [2.75, 3.05) is 12.9 Å². The third-order valence-corrected chi connectivity index (χ3v) is 4.06. The van der Waals surface area contributed by atoms with Gasteiger partial charge in [-0.25, -0.2) is 0 Å². The molecule has 1 aromatic carbocycles. The Morgan fingerprint density at radius 3 is 2.46 bits per heavy atom. The molecule has 2 rings (SSSR count). The van der Waals surface area contributed by atoms with E-state index in [1.165, 1.54) is 12.1 Å². The summed E-state index contributed by atoms with van der Waals surface area (Å²) in [5.41, 5.74) is 0.265. The molecular formula is C14H19NO8S. The van der Waals surface area contributed by atoms with Crippen molar-refractivity contribution in [3.8, 4) is 0 Å². The SMILES string of the molecule is CS(=O)(=O)O[C@@H]1[C@@H](O)[C@@H](CO)O[C@@H](O)[C@@H]1NC(=O)c1ccccc1. The molecule has 134 valence electrons. The highest BCUT2D eigenvalue weighted by Gasteiger charge is 2.47. The predicted octanol–water partition coefficient (Wildman–Crippen LogP) is -1.80. The number of benzene rings is 1. The summed E-state index contributed by atoms with van der Waals surface area (Å²) < 4.78 is 32.6. The van der Waals surface area contributed by atoms with E-state index in [4.69, 9.17) is 14.0 Å². The van der Waals surface area contributed by atoms with Crippen LogP contribution in [0.4, 0.5) is 0 Å². The summed E-state index contributed by atoms with van der Waals surface area (Å²) in [6.07, 6.45) is -5.25. The van der Waals surface area contributed by atoms with Crippen LogP contribution >= 0.6 is 0 Å². The smallest absolute Gasteiger partial charge is 0.264 e. The average molecular weight is 361 g/mol. The van der Waals surface area contributed by atoms with Crippen LogP contribution in [-0.4, -0.2) is 73.2 Å². The maximum atomic E-state index is 12.2. The van der Waals surface area contributed by atoms with Crippen LogP contribution in [0.5, 0.6) is 0 Å². The standard InChI is InChI=1S/C14H19NO8S/c1-24(20,21)23-12-10(14(19)22-9(7-16)11(12)17)15-13(18)8-5-3-2-4-6-8/h2-6,9-12,14,16-17,19H,7H2,1H3,(H,15,18)/t9-,10-,11+,12+,14-/m1/s1. The molecule has 1 aliphatic heterocycles. The van der Waals surface area contributed by atoms with Crippen molar-refractivity contribution in [2.45, 2.75) is 30.6 Å². The van der Waals surface area contributed by atoms with E-state index in [0.29, 0.717) is 0 Å². The van der Waals surface area contributed by atoms with E-state index >= 15 is 0 Å². The molecule has 0 unspecified atom stereocenters. The summed E-state index contributed by atoms with van der Waals surface area (Å²) in [6, 6.07) is 6.65. The number of carbonyl (C=O) groups is 1. The maximum absolute atomic E-state index is 12.2. The summed E-state index contributed by atoms with van der Waals surface area (Å²) in [5.74, 6) is -0.611. The van der Waals surface area contributed by atoms with Gasteiger partial charge < -0.3 is 25.4 Å². The monoisotopic (exact) mass is 361 g/mol. The zero-order chi connectivity index (χ0) is 17.9. The number of aliphatic hydroxyl groups is 3. The molecule has 24 heavy (non-hydrogen) atoms. The van der Waals surface area contributed by atoms with Crippen LogP contribution in [0.25, 0.3) is 0 Å². The molecule has 1 aromatic rings. The molecule has 0 spiro atoms. The van der Waals surface area contributed by atoms with Gasteiger partial charge in [-0.05, 0) is 12.1 Å². The van der Waals surface area contributed by atoms with Gasteiger partial charge in [0.05, 0.1) is 12.9 Å². The van der Waals surface area contributed by atoms with E-state index in [2.05, 4.69) is 5.32 Å². The molecule has 1 aliphatic rings. The average Bonchev–Trinajstić information content (AvgIpc) is 2.53. The number of hydrogen-bond donors (Lipinski definition) is 4. The third kappa shape index (κ3) is 4.50. The predicted molar refractivity (Wildman–Crippen MR) is 81.4 cm³/mol. The molecule has 0 bridgehead atoms. The molecule has 0 saturated carbocycles. The van der Waals surface area contributed by atoms with Gasteiger partial charge in [-0.15, -0.1) is 0 Å². The molecule has 1 fully saturated rings. The lowest BCUT2D eigenvalue weighted by Crippen LogP contribution is -2.65. The normalized spacial score (nSPS) is 30.8. The number of ether oxygens (including phenoxy) is 1. The minimum atomic E-state index is -4.00. The topological polar surface area (TPSA) is 142 Å². The van der Waals surface area contributed by atoms with Crippen LogP contribution in [0.15, 0.2) is 30.3 Å². The lowest BCUT2D eigenvalue weighted by atomic mass is 9.97. The molecule has 0 aliphatic carbocycles. The number of aliphatic hydroxyl groups excluding tert-OH is 3. The van der Waals surface area contributed by atoms with Gasteiger partial charge in [-0.3, -0.25) is 8.98 Å². The number of rotatable bonds is 5. The second kappa shape index (κ2) is 7.55. The fourth-order valence-electron chi connectivity index (χ4n) is 2.38. The van der Waals surface area contributed by atoms with Gasteiger partial charge in [0.15, 0.2) is 6.29 Å². The second-order valence-electron chi connectivity index (χ2n) is 5.37. The highest BCUT2D eigenvalue weighted by atomic mass is 32.2. The van der Waals surface area contributed by atoms with Crippen LogP contribution in [0, 0.1) is 0 Å². The van der Waals surface area contributed by atoms with Crippen molar-refractivity contribution >= 4 is 16.0 Å². The number of carbonyl (C=O) groups excluding carboxylic acids is 1. The molecular weight excluding hydrogens is 342 g/mol. The van der Waals surface area contributed by atoms with Crippen molar-refractivity contribution in [1.29, 1.82) is 0 Å². The zero-order valence-corrected chi connectivity index (χ0v) is 13.6. The molecule has 1 saturated heterocycles. The van der Waals surface area contributed by atoms with Crippen molar-refractivity contribution in [3.63, 3.8) is 0 Å². The van der Waals surface area contributed by atoms with Gasteiger partial charge in [0.25, 0.3) is 16.0 Å². The molecule has 5 atom stereocenters. The quantitative estimate of drug-likeness (QED) is 0.450.